The van der Waals surface area contributed by atoms with Crippen LogP contribution in [0.25, 0.3) is 0 Å². The minimum Gasteiger partial charge on any atom is -0.369 e. The van der Waals surface area contributed by atoms with Crippen molar-refractivity contribution in [1.29, 1.82) is 0 Å². The second-order valence-electron chi connectivity index (χ2n) is 4.86. The number of amides is 2. The molecule has 2 heterocycles. The molecule has 0 saturated carbocycles. The van der Waals surface area contributed by atoms with Gasteiger partial charge in [-0.1, -0.05) is 11.6 Å². The molecule has 7 heteroatoms. The van der Waals surface area contributed by atoms with Crippen LogP contribution in [0.3, 0.4) is 0 Å². The Morgan fingerprint density at radius 3 is 2.65 bits per heavy atom. The van der Waals surface area contributed by atoms with Crippen LogP contribution in [0.15, 0.2) is 18.3 Å². The van der Waals surface area contributed by atoms with Crippen molar-refractivity contribution in [3.8, 4) is 0 Å². The number of nitrogens with one attached hydrogen (secondary N) is 1. The number of likely N-dealkylation sites (tertiary alicyclic amines) is 1. The first kappa shape index (κ1) is 14.7. The van der Waals surface area contributed by atoms with Gasteiger partial charge in [-0.2, -0.15) is 0 Å². The van der Waals surface area contributed by atoms with Crippen LogP contribution in [0.2, 0.25) is 5.02 Å². The molecule has 0 spiro atoms. The van der Waals surface area contributed by atoms with Gasteiger partial charge in [0, 0.05) is 12.1 Å². The van der Waals surface area contributed by atoms with E-state index in [4.69, 9.17) is 17.3 Å². The third kappa shape index (κ3) is 4.18. The summed E-state index contributed by atoms with van der Waals surface area (Å²) in [6.07, 6.45) is 2.90. The van der Waals surface area contributed by atoms with Gasteiger partial charge >= 0.3 is 0 Å². The number of rotatable bonds is 4. The number of nitrogens with zero attached hydrogens (tertiary/aromatic N) is 2. The van der Waals surface area contributed by atoms with E-state index in [9.17, 15) is 9.59 Å². The Labute approximate surface area is 122 Å². The number of piperidine rings is 1. The smallest absolute Gasteiger partial charge is 0.239 e. The van der Waals surface area contributed by atoms with Gasteiger partial charge in [0.2, 0.25) is 11.8 Å². The number of carbonyl (C=O) groups excluding carboxylic acids is 2. The average Bonchev–Trinajstić information content (AvgIpc) is 2.42. The fraction of sp³-hybridized carbons (Fsp3) is 0.462. The van der Waals surface area contributed by atoms with Crippen molar-refractivity contribution < 1.29 is 9.59 Å². The van der Waals surface area contributed by atoms with E-state index in [2.05, 4.69) is 10.3 Å². The summed E-state index contributed by atoms with van der Waals surface area (Å²) in [5.41, 5.74) is 5.27. The second-order valence-corrected chi connectivity index (χ2v) is 5.30. The number of halogens is 1. The first-order chi connectivity index (χ1) is 9.54. The minimum atomic E-state index is -0.250. The van der Waals surface area contributed by atoms with Gasteiger partial charge in [0.25, 0.3) is 0 Å². The first-order valence-corrected chi connectivity index (χ1v) is 6.85. The second kappa shape index (κ2) is 6.67. The molecule has 0 atom stereocenters. The zero-order valence-electron chi connectivity index (χ0n) is 11.0. The van der Waals surface area contributed by atoms with Crippen LogP contribution in [0.5, 0.6) is 0 Å². The summed E-state index contributed by atoms with van der Waals surface area (Å²) >= 11 is 5.72. The lowest BCUT2D eigenvalue weighted by Crippen LogP contribution is -2.42. The van der Waals surface area contributed by atoms with E-state index in [0.29, 0.717) is 36.8 Å². The number of nitrogens with two attached hydrogens (primary N) is 1. The summed E-state index contributed by atoms with van der Waals surface area (Å²) in [5, 5.41) is 3.23. The van der Waals surface area contributed by atoms with Crippen molar-refractivity contribution in [2.45, 2.75) is 12.8 Å². The quantitative estimate of drug-likeness (QED) is 0.863. The van der Waals surface area contributed by atoms with E-state index in [0.717, 1.165) is 0 Å². The summed E-state index contributed by atoms with van der Waals surface area (Å²) in [5.74, 6) is 0.0375. The topological polar surface area (TPSA) is 88.3 Å². The molecule has 1 aliphatic heterocycles. The summed E-state index contributed by atoms with van der Waals surface area (Å²) < 4.78 is 0. The fourth-order valence-corrected chi connectivity index (χ4v) is 2.32. The molecule has 0 aromatic carbocycles. The third-order valence-corrected chi connectivity index (χ3v) is 3.58. The standard InChI is InChI=1S/C13H17ClN4O2/c14-10-1-2-11(16-7-10)17-12(19)8-18-5-3-9(4-6-18)13(15)20/h1-2,7,9H,3-6,8H2,(H2,15,20)(H,16,17,19). The maximum absolute atomic E-state index is 11.9. The lowest BCUT2D eigenvalue weighted by molar-refractivity contribution is -0.123. The van der Waals surface area contributed by atoms with Crippen LogP contribution in [-0.4, -0.2) is 41.3 Å². The van der Waals surface area contributed by atoms with E-state index in [-0.39, 0.29) is 24.3 Å². The van der Waals surface area contributed by atoms with Crippen molar-refractivity contribution in [3.63, 3.8) is 0 Å². The SMILES string of the molecule is NC(=O)C1CCN(CC(=O)Nc2ccc(Cl)cn2)CC1. The normalized spacial score (nSPS) is 16.9. The average molecular weight is 297 g/mol. The number of primary amides is 1. The highest BCUT2D eigenvalue weighted by Crippen LogP contribution is 2.16. The number of carbonyl (C=O) groups is 2. The molecule has 0 bridgehead atoms. The summed E-state index contributed by atoms with van der Waals surface area (Å²) in [7, 11) is 0. The lowest BCUT2D eigenvalue weighted by Gasteiger charge is -2.29. The van der Waals surface area contributed by atoms with Crippen LogP contribution in [0.4, 0.5) is 5.82 Å². The van der Waals surface area contributed by atoms with Crippen LogP contribution in [0.1, 0.15) is 12.8 Å². The summed E-state index contributed by atoms with van der Waals surface area (Å²) in [6.45, 7) is 1.69. The summed E-state index contributed by atoms with van der Waals surface area (Å²) in [6, 6.07) is 3.32. The van der Waals surface area contributed by atoms with Gasteiger partial charge in [-0.3, -0.25) is 14.5 Å². The fourth-order valence-electron chi connectivity index (χ4n) is 2.21. The van der Waals surface area contributed by atoms with E-state index in [1.165, 1.54) is 6.20 Å². The van der Waals surface area contributed by atoms with E-state index in [1.807, 2.05) is 4.90 Å². The first-order valence-electron chi connectivity index (χ1n) is 6.47. The highest BCUT2D eigenvalue weighted by molar-refractivity contribution is 6.30. The van der Waals surface area contributed by atoms with Crippen LogP contribution in [0, 0.1) is 5.92 Å². The van der Waals surface area contributed by atoms with Crippen LogP contribution >= 0.6 is 11.6 Å². The Bertz CT molecular complexity index is 484. The molecule has 2 rings (SSSR count). The minimum absolute atomic E-state index is 0.0627. The molecule has 0 unspecified atom stereocenters. The summed E-state index contributed by atoms with van der Waals surface area (Å²) in [4.78, 5) is 28.9. The monoisotopic (exact) mass is 296 g/mol. The van der Waals surface area contributed by atoms with Gasteiger partial charge in [0.1, 0.15) is 5.82 Å². The Hall–Kier alpha value is -1.66. The predicted octanol–water partition coefficient (Wildman–Crippen LogP) is 0.871. The zero-order chi connectivity index (χ0) is 14.5. The Morgan fingerprint density at radius 1 is 1.40 bits per heavy atom. The van der Waals surface area contributed by atoms with E-state index in [1.54, 1.807) is 12.1 Å². The molecule has 0 aliphatic carbocycles. The Balaban J connectivity index is 1.78. The number of aromatic nitrogens is 1. The Morgan fingerprint density at radius 2 is 2.10 bits per heavy atom. The largest absolute Gasteiger partial charge is 0.369 e. The lowest BCUT2D eigenvalue weighted by atomic mass is 9.96. The van der Waals surface area contributed by atoms with Crippen molar-refractivity contribution in [2.75, 3.05) is 25.0 Å². The third-order valence-electron chi connectivity index (χ3n) is 3.35. The van der Waals surface area contributed by atoms with Gasteiger partial charge < -0.3 is 11.1 Å². The number of anilines is 1. The number of hydrogen-bond donors (Lipinski definition) is 2. The molecule has 3 N–H and O–H groups in total. The molecular formula is C13H17ClN4O2. The van der Waals surface area contributed by atoms with Crippen molar-refractivity contribution >= 4 is 29.2 Å². The molecule has 20 heavy (non-hydrogen) atoms. The van der Waals surface area contributed by atoms with Gasteiger partial charge in [0.15, 0.2) is 0 Å². The Kier molecular flexibility index (Phi) is 4.92. The predicted molar refractivity (Wildman–Crippen MR) is 76.2 cm³/mol. The molecule has 1 saturated heterocycles. The molecule has 1 aromatic rings. The molecular weight excluding hydrogens is 280 g/mol. The molecule has 1 aromatic heterocycles. The molecule has 2 amide bonds. The molecule has 1 aliphatic rings. The van der Waals surface area contributed by atoms with E-state index >= 15 is 0 Å². The van der Waals surface area contributed by atoms with Crippen LogP contribution < -0.4 is 11.1 Å². The number of pyridine rings is 1. The van der Waals surface area contributed by atoms with Crippen molar-refractivity contribution in [2.24, 2.45) is 11.7 Å². The molecule has 108 valence electrons. The maximum Gasteiger partial charge on any atom is 0.239 e. The van der Waals surface area contributed by atoms with Crippen molar-refractivity contribution in [1.82, 2.24) is 9.88 Å². The van der Waals surface area contributed by atoms with Gasteiger partial charge in [-0.25, -0.2) is 4.98 Å². The molecule has 6 nitrogen and oxygen atoms in total. The van der Waals surface area contributed by atoms with Gasteiger partial charge in [-0.15, -0.1) is 0 Å². The highest BCUT2D eigenvalue weighted by atomic mass is 35.5. The molecule has 1 fully saturated rings. The highest BCUT2D eigenvalue weighted by Gasteiger charge is 2.24. The zero-order valence-corrected chi connectivity index (χ0v) is 11.8. The van der Waals surface area contributed by atoms with Gasteiger partial charge in [0.05, 0.1) is 11.6 Å². The molecule has 0 radical (unpaired) electrons. The van der Waals surface area contributed by atoms with Crippen LogP contribution in [-0.2, 0) is 9.59 Å². The van der Waals surface area contributed by atoms with E-state index < -0.39 is 0 Å². The van der Waals surface area contributed by atoms with Crippen molar-refractivity contribution in [3.05, 3.63) is 23.4 Å². The maximum atomic E-state index is 11.9. The van der Waals surface area contributed by atoms with Gasteiger partial charge in [-0.05, 0) is 38.1 Å². The number of hydrogen-bond acceptors (Lipinski definition) is 4.